The van der Waals surface area contributed by atoms with E-state index in [0.29, 0.717) is 11.4 Å². The van der Waals surface area contributed by atoms with Crippen molar-refractivity contribution in [2.24, 2.45) is 0 Å². The van der Waals surface area contributed by atoms with Crippen molar-refractivity contribution in [1.29, 1.82) is 0 Å². The van der Waals surface area contributed by atoms with E-state index in [1.807, 2.05) is 0 Å². The number of nitrogens with zero attached hydrogens (tertiary/aromatic N) is 1. The quantitative estimate of drug-likeness (QED) is 0.818. The lowest BCUT2D eigenvalue weighted by Crippen LogP contribution is -2.44. The van der Waals surface area contributed by atoms with Crippen LogP contribution in [0.25, 0.3) is 0 Å². The first-order chi connectivity index (χ1) is 11.7. The molecule has 1 heterocycles. The van der Waals surface area contributed by atoms with Crippen LogP contribution in [-0.2, 0) is 16.0 Å². The first-order valence-corrected chi connectivity index (χ1v) is 8.57. The number of hydrogen-bond donors (Lipinski definition) is 2. The standard InChI is InChI=1S/C18H26N2O5/c1-18(2,3)25-17(23)20-14(16(21)22)10-12-8-9-15(19-11-12)24-13-6-4-5-7-13/h8-9,11,13-14H,4-7,10H2,1-3H3,(H,20,23)(H,21,22). The molecule has 0 aromatic carbocycles. The monoisotopic (exact) mass is 350 g/mol. The molecule has 7 heteroatoms. The predicted molar refractivity (Wildman–Crippen MR) is 91.6 cm³/mol. The minimum atomic E-state index is -1.13. The third-order valence-electron chi connectivity index (χ3n) is 3.82. The second-order valence-corrected chi connectivity index (χ2v) is 7.27. The zero-order chi connectivity index (χ0) is 18.4. The van der Waals surface area contributed by atoms with Gasteiger partial charge in [0.2, 0.25) is 5.88 Å². The topological polar surface area (TPSA) is 97.8 Å². The largest absolute Gasteiger partial charge is 0.480 e. The molecule has 1 fully saturated rings. The van der Waals surface area contributed by atoms with Crippen LogP contribution in [0.3, 0.4) is 0 Å². The van der Waals surface area contributed by atoms with Crippen molar-refractivity contribution in [1.82, 2.24) is 10.3 Å². The summed E-state index contributed by atoms with van der Waals surface area (Å²) < 4.78 is 10.9. The molecule has 0 saturated heterocycles. The third kappa shape index (κ3) is 6.60. The first kappa shape index (κ1) is 19.0. The molecule has 1 saturated carbocycles. The SMILES string of the molecule is CC(C)(C)OC(=O)NC(Cc1ccc(OC2CCCC2)nc1)C(=O)O. The molecule has 1 atom stereocenters. The van der Waals surface area contributed by atoms with Gasteiger partial charge in [-0.05, 0) is 52.0 Å². The number of nitrogens with one attached hydrogen (secondary N) is 1. The zero-order valence-corrected chi connectivity index (χ0v) is 14.9. The third-order valence-corrected chi connectivity index (χ3v) is 3.82. The lowest BCUT2D eigenvalue weighted by atomic mass is 10.1. The highest BCUT2D eigenvalue weighted by Gasteiger charge is 2.24. The smallest absolute Gasteiger partial charge is 0.408 e. The van der Waals surface area contributed by atoms with Crippen LogP contribution in [0.4, 0.5) is 4.79 Å². The van der Waals surface area contributed by atoms with Crippen LogP contribution in [0.1, 0.15) is 52.0 Å². The number of carboxylic acids is 1. The van der Waals surface area contributed by atoms with Gasteiger partial charge >= 0.3 is 12.1 Å². The molecule has 1 aromatic rings. The molecule has 1 aliphatic rings. The van der Waals surface area contributed by atoms with E-state index in [0.717, 1.165) is 12.8 Å². The summed E-state index contributed by atoms with van der Waals surface area (Å²) in [7, 11) is 0. The highest BCUT2D eigenvalue weighted by Crippen LogP contribution is 2.23. The summed E-state index contributed by atoms with van der Waals surface area (Å²) >= 11 is 0. The van der Waals surface area contributed by atoms with E-state index in [1.54, 1.807) is 39.1 Å². The summed E-state index contributed by atoms with van der Waals surface area (Å²) in [5.41, 5.74) is 0.00992. The zero-order valence-electron chi connectivity index (χ0n) is 14.9. The number of carbonyl (C=O) groups excluding carboxylic acids is 1. The van der Waals surface area contributed by atoms with Crippen molar-refractivity contribution in [3.8, 4) is 5.88 Å². The van der Waals surface area contributed by atoms with Crippen molar-refractivity contribution < 1.29 is 24.2 Å². The maximum Gasteiger partial charge on any atom is 0.408 e. The lowest BCUT2D eigenvalue weighted by molar-refractivity contribution is -0.139. The summed E-state index contributed by atoms with van der Waals surface area (Å²) in [6.45, 7) is 5.15. The van der Waals surface area contributed by atoms with Crippen LogP contribution < -0.4 is 10.1 Å². The molecule has 0 radical (unpaired) electrons. The first-order valence-electron chi connectivity index (χ1n) is 8.57. The summed E-state index contributed by atoms with van der Waals surface area (Å²) in [5, 5.41) is 11.7. The number of aromatic nitrogens is 1. The summed E-state index contributed by atoms with van der Waals surface area (Å²) in [6, 6.07) is 2.42. The van der Waals surface area contributed by atoms with Gasteiger partial charge in [0.25, 0.3) is 0 Å². The molecule has 25 heavy (non-hydrogen) atoms. The second kappa shape index (κ2) is 8.18. The van der Waals surface area contributed by atoms with Crippen molar-refractivity contribution in [2.45, 2.75) is 70.6 Å². The van der Waals surface area contributed by atoms with Crippen molar-refractivity contribution >= 4 is 12.1 Å². The van der Waals surface area contributed by atoms with E-state index in [9.17, 15) is 14.7 Å². The molecule has 1 amide bonds. The van der Waals surface area contributed by atoms with Crippen LogP contribution in [0.2, 0.25) is 0 Å². The number of pyridine rings is 1. The summed E-state index contributed by atoms with van der Waals surface area (Å²) in [5.74, 6) is -0.584. The number of rotatable bonds is 6. The number of carboxylic acid groups (broad SMARTS) is 1. The van der Waals surface area contributed by atoms with Gasteiger partial charge in [0.1, 0.15) is 17.7 Å². The van der Waals surface area contributed by atoms with Crippen molar-refractivity contribution in [2.75, 3.05) is 0 Å². The Balaban J connectivity index is 1.92. The minimum Gasteiger partial charge on any atom is -0.480 e. The molecular weight excluding hydrogens is 324 g/mol. The van der Waals surface area contributed by atoms with Gasteiger partial charge in [-0.3, -0.25) is 0 Å². The van der Waals surface area contributed by atoms with E-state index >= 15 is 0 Å². The summed E-state index contributed by atoms with van der Waals surface area (Å²) in [4.78, 5) is 27.4. The number of amides is 1. The number of carbonyl (C=O) groups is 2. The molecule has 1 aromatic heterocycles. The number of hydrogen-bond acceptors (Lipinski definition) is 5. The molecule has 2 rings (SSSR count). The molecule has 1 aliphatic carbocycles. The van der Waals surface area contributed by atoms with Gasteiger partial charge in [-0.15, -0.1) is 0 Å². The van der Waals surface area contributed by atoms with Gasteiger partial charge in [-0.25, -0.2) is 14.6 Å². The molecule has 0 aliphatic heterocycles. The Hall–Kier alpha value is -2.31. The minimum absolute atomic E-state index is 0.116. The van der Waals surface area contributed by atoms with Gasteiger partial charge in [-0.1, -0.05) is 6.07 Å². The van der Waals surface area contributed by atoms with Crippen LogP contribution in [0.5, 0.6) is 5.88 Å². The van der Waals surface area contributed by atoms with E-state index < -0.39 is 23.7 Å². The maximum atomic E-state index is 11.8. The van der Waals surface area contributed by atoms with Gasteiger partial charge in [0.15, 0.2) is 0 Å². The Morgan fingerprint density at radius 2 is 2.00 bits per heavy atom. The number of ether oxygens (including phenoxy) is 2. The molecule has 0 bridgehead atoms. The Morgan fingerprint density at radius 3 is 2.52 bits per heavy atom. The van der Waals surface area contributed by atoms with Gasteiger partial charge < -0.3 is 19.9 Å². The highest BCUT2D eigenvalue weighted by molar-refractivity contribution is 5.80. The second-order valence-electron chi connectivity index (χ2n) is 7.27. The highest BCUT2D eigenvalue weighted by atomic mass is 16.6. The van der Waals surface area contributed by atoms with Crippen LogP contribution in [0.15, 0.2) is 18.3 Å². The molecule has 0 spiro atoms. The number of alkyl carbamates (subject to hydrolysis) is 1. The van der Waals surface area contributed by atoms with Crippen LogP contribution in [0, 0.1) is 0 Å². The Labute approximate surface area is 147 Å². The molecular formula is C18H26N2O5. The van der Waals surface area contributed by atoms with Gasteiger partial charge in [0, 0.05) is 18.7 Å². The summed E-state index contributed by atoms with van der Waals surface area (Å²) in [6.07, 6.45) is 5.61. The van der Waals surface area contributed by atoms with Crippen molar-refractivity contribution in [3.63, 3.8) is 0 Å². The van der Waals surface area contributed by atoms with Gasteiger partial charge in [-0.2, -0.15) is 0 Å². The maximum absolute atomic E-state index is 11.8. The average Bonchev–Trinajstić information content (AvgIpc) is 2.99. The van der Waals surface area contributed by atoms with Crippen molar-refractivity contribution in [3.05, 3.63) is 23.9 Å². The Bertz CT molecular complexity index is 588. The molecule has 1 unspecified atom stereocenters. The predicted octanol–water partition coefficient (Wildman–Crippen LogP) is 2.92. The lowest BCUT2D eigenvalue weighted by Gasteiger charge is -2.22. The van der Waals surface area contributed by atoms with E-state index in [1.165, 1.54) is 12.8 Å². The fourth-order valence-corrected chi connectivity index (χ4v) is 2.66. The molecule has 138 valence electrons. The average molecular weight is 350 g/mol. The van der Waals surface area contributed by atoms with Crippen LogP contribution in [-0.4, -0.2) is 39.9 Å². The normalized spacial score (nSPS) is 16.3. The van der Waals surface area contributed by atoms with Gasteiger partial charge in [0.05, 0.1) is 0 Å². The van der Waals surface area contributed by atoms with Crippen LogP contribution >= 0.6 is 0 Å². The number of aliphatic carboxylic acids is 1. The molecule has 7 nitrogen and oxygen atoms in total. The van der Waals surface area contributed by atoms with E-state index in [2.05, 4.69) is 10.3 Å². The fourth-order valence-electron chi connectivity index (χ4n) is 2.66. The fraction of sp³-hybridized carbons (Fsp3) is 0.611. The van der Waals surface area contributed by atoms with E-state index in [4.69, 9.17) is 9.47 Å². The molecule has 2 N–H and O–H groups in total. The Kier molecular flexibility index (Phi) is 6.22. The van der Waals surface area contributed by atoms with E-state index in [-0.39, 0.29) is 12.5 Å². The Morgan fingerprint density at radius 1 is 1.32 bits per heavy atom.